The van der Waals surface area contributed by atoms with Crippen LogP contribution in [0.3, 0.4) is 0 Å². The number of unbranched alkanes of at least 4 members (excludes halogenated alkanes) is 1. The van der Waals surface area contributed by atoms with Crippen molar-refractivity contribution in [3.63, 3.8) is 0 Å². The number of thioether (sulfide) groups is 1. The summed E-state index contributed by atoms with van der Waals surface area (Å²) in [5.74, 6) is 4.23. The number of fused-ring (bicyclic) bond motifs is 1. The van der Waals surface area contributed by atoms with Crippen molar-refractivity contribution in [2.24, 2.45) is 17.8 Å². The van der Waals surface area contributed by atoms with Crippen molar-refractivity contribution >= 4 is 35.3 Å². The molecule has 7 heteroatoms. The van der Waals surface area contributed by atoms with Gasteiger partial charge in [-0.1, -0.05) is 50.1 Å². The second-order valence-electron chi connectivity index (χ2n) is 13.3. The highest BCUT2D eigenvalue weighted by atomic mass is 35.5. The van der Waals surface area contributed by atoms with Gasteiger partial charge < -0.3 is 14.5 Å². The molecular formula is C38H54ClN3O2S. The predicted molar refractivity (Wildman–Crippen MR) is 193 cm³/mol. The first-order valence-electron chi connectivity index (χ1n) is 17.4. The van der Waals surface area contributed by atoms with Gasteiger partial charge in [-0.3, -0.25) is 9.69 Å². The Morgan fingerprint density at radius 2 is 1.89 bits per heavy atom. The Labute approximate surface area is 281 Å². The van der Waals surface area contributed by atoms with Crippen molar-refractivity contribution in [3.05, 3.63) is 70.3 Å². The summed E-state index contributed by atoms with van der Waals surface area (Å²) >= 11 is 8.44. The first-order chi connectivity index (χ1) is 22.0. The zero-order valence-electron chi connectivity index (χ0n) is 27.8. The quantitative estimate of drug-likeness (QED) is 0.143. The molecule has 2 fully saturated rings. The fraction of sp³-hybridized carbons (Fsp3) is 0.605. The van der Waals surface area contributed by atoms with Gasteiger partial charge in [0, 0.05) is 74.6 Å². The third kappa shape index (κ3) is 9.09. The number of piperazine rings is 1. The first kappa shape index (κ1) is 34.3. The Bertz CT molecular complexity index is 1260. The number of rotatable bonds is 15. The average molecular weight is 652 g/mol. The smallest absolute Gasteiger partial charge is 0.150 e. The van der Waals surface area contributed by atoms with Crippen LogP contribution in [0.1, 0.15) is 73.4 Å². The second-order valence-corrected chi connectivity index (χ2v) is 14.8. The number of ether oxygens (including phenoxy) is 1. The van der Waals surface area contributed by atoms with E-state index in [0.717, 1.165) is 68.1 Å². The number of nitrogens with zero attached hydrogens (tertiary/aromatic N) is 3. The monoisotopic (exact) mass is 651 g/mol. The lowest BCUT2D eigenvalue weighted by Gasteiger charge is -2.46. The van der Waals surface area contributed by atoms with Crippen LogP contribution in [0.5, 0.6) is 5.75 Å². The fourth-order valence-corrected chi connectivity index (χ4v) is 8.17. The van der Waals surface area contributed by atoms with Crippen LogP contribution < -0.4 is 9.64 Å². The highest BCUT2D eigenvalue weighted by molar-refractivity contribution is 7.98. The summed E-state index contributed by atoms with van der Waals surface area (Å²) in [5, 5.41) is 0.806. The maximum Gasteiger partial charge on any atom is 0.150 e. The lowest BCUT2D eigenvalue weighted by Crippen LogP contribution is -2.50. The normalized spacial score (nSPS) is 23.3. The summed E-state index contributed by atoms with van der Waals surface area (Å²) in [5.41, 5.74) is 4.48. The van der Waals surface area contributed by atoms with Crippen LogP contribution in [0.2, 0.25) is 5.02 Å². The summed E-state index contributed by atoms with van der Waals surface area (Å²) in [6.45, 7) is 14.1. The number of carbonyl (C=O) groups excluding carboxylic acids is 1. The Balaban J connectivity index is 1.34. The minimum Gasteiger partial charge on any atom is -0.491 e. The molecule has 0 spiro atoms. The van der Waals surface area contributed by atoms with Gasteiger partial charge in [-0.15, -0.1) is 0 Å². The molecule has 45 heavy (non-hydrogen) atoms. The molecule has 4 unspecified atom stereocenters. The van der Waals surface area contributed by atoms with Gasteiger partial charge in [0.1, 0.15) is 12.0 Å². The summed E-state index contributed by atoms with van der Waals surface area (Å²) in [7, 11) is 0. The molecule has 1 aliphatic carbocycles. The van der Waals surface area contributed by atoms with Crippen molar-refractivity contribution in [3.8, 4) is 5.75 Å². The molecule has 5 rings (SSSR count). The molecule has 1 saturated heterocycles. The molecule has 5 nitrogen and oxygen atoms in total. The molecular weight excluding hydrogens is 598 g/mol. The van der Waals surface area contributed by atoms with Crippen LogP contribution in [0.25, 0.3) is 0 Å². The van der Waals surface area contributed by atoms with E-state index in [4.69, 9.17) is 16.3 Å². The van der Waals surface area contributed by atoms with Crippen LogP contribution in [0.15, 0.2) is 48.6 Å². The average Bonchev–Trinajstić information content (AvgIpc) is 3.23. The first-order valence-corrected chi connectivity index (χ1v) is 19.2. The molecule has 0 amide bonds. The van der Waals surface area contributed by atoms with E-state index in [2.05, 4.69) is 59.1 Å². The molecule has 0 aromatic heterocycles. The highest BCUT2D eigenvalue weighted by Crippen LogP contribution is 2.44. The van der Waals surface area contributed by atoms with E-state index >= 15 is 0 Å². The third-order valence-electron chi connectivity index (χ3n) is 10.3. The molecule has 2 aromatic rings. The summed E-state index contributed by atoms with van der Waals surface area (Å²) < 4.78 is 6.52. The molecule has 0 radical (unpaired) electrons. The fourth-order valence-electron chi connectivity index (χ4n) is 7.53. The van der Waals surface area contributed by atoms with Gasteiger partial charge in [-0.2, -0.15) is 11.8 Å². The van der Waals surface area contributed by atoms with E-state index < -0.39 is 0 Å². The molecule has 1 saturated carbocycles. The third-order valence-corrected chi connectivity index (χ3v) is 11.2. The molecule has 2 aliphatic heterocycles. The van der Waals surface area contributed by atoms with Gasteiger partial charge in [0.2, 0.25) is 0 Å². The maximum absolute atomic E-state index is 11.9. The number of hydrogen-bond donors (Lipinski definition) is 0. The zero-order chi connectivity index (χ0) is 31.6. The van der Waals surface area contributed by atoms with Gasteiger partial charge in [0.05, 0.1) is 12.3 Å². The number of halogens is 1. The van der Waals surface area contributed by atoms with Gasteiger partial charge in [0.25, 0.3) is 0 Å². The summed E-state index contributed by atoms with van der Waals surface area (Å²) in [6, 6.07) is 12.4. The van der Waals surface area contributed by atoms with Crippen molar-refractivity contribution < 1.29 is 9.53 Å². The molecule has 2 heterocycles. The molecule has 3 aliphatic rings. The number of benzene rings is 2. The summed E-state index contributed by atoms with van der Waals surface area (Å²) in [4.78, 5) is 19.8. The van der Waals surface area contributed by atoms with Crippen LogP contribution in [-0.2, 0) is 6.42 Å². The van der Waals surface area contributed by atoms with E-state index in [9.17, 15) is 4.79 Å². The van der Waals surface area contributed by atoms with Crippen molar-refractivity contribution in [1.29, 1.82) is 0 Å². The van der Waals surface area contributed by atoms with Crippen LogP contribution in [0.4, 0.5) is 5.69 Å². The number of carbonyl (C=O) groups is 1. The SMILES string of the molecule is CC/C=C/C(CN1CCN(CCSC)CC1)C1CCC1CN1CC(c2ccc(Cl)cc2CCCC)COc2ccc(C=O)cc21. The van der Waals surface area contributed by atoms with Crippen LogP contribution in [-0.4, -0.2) is 87.1 Å². The van der Waals surface area contributed by atoms with E-state index in [1.165, 1.54) is 62.4 Å². The predicted octanol–water partition coefficient (Wildman–Crippen LogP) is 8.07. The lowest BCUT2D eigenvalue weighted by molar-refractivity contribution is 0.0759. The largest absolute Gasteiger partial charge is 0.491 e. The minimum absolute atomic E-state index is 0.234. The minimum atomic E-state index is 0.234. The zero-order valence-corrected chi connectivity index (χ0v) is 29.3. The Morgan fingerprint density at radius 1 is 1.07 bits per heavy atom. The van der Waals surface area contributed by atoms with Crippen molar-refractivity contribution in [2.45, 2.75) is 58.3 Å². The number of aldehydes is 1. The van der Waals surface area contributed by atoms with Gasteiger partial charge in [0.15, 0.2) is 0 Å². The van der Waals surface area contributed by atoms with Gasteiger partial charge in [-0.05, 0) is 97.6 Å². The Morgan fingerprint density at radius 3 is 2.60 bits per heavy atom. The van der Waals surface area contributed by atoms with E-state index in [1.807, 2.05) is 36.0 Å². The number of allylic oxidation sites excluding steroid dienone is 1. The Kier molecular flexibility index (Phi) is 13.2. The molecule has 0 N–H and O–H groups in total. The topological polar surface area (TPSA) is 36.0 Å². The van der Waals surface area contributed by atoms with E-state index in [-0.39, 0.29) is 5.92 Å². The number of hydrogen-bond acceptors (Lipinski definition) is 6. The molecule has 4 atom stereocenters. The van der Waals surface area contributed by atoms with Crippen molar-refractivity contribution in [1.82, 2.24) is 9.80 Å². The maximum atomic E-state index is 11.9. The lowest BCUT2D eigenvalue weighted by atomic mass is 9.66. The van der Waals surface area contributed by atoms with Crippen molar-refractivity contribution in [2.75, 3.05) is 75.9 Å². The molecule has 2 aromatic carbocycles. The van der Waals surface area contributed by atoms with E-state index in [1.54, 1.807) is 0 Å². The van der Waals surface area contributed by atoms with Crippen LogP contribution in [0, 0.1) is 17.8 Å². The number of aryl methyl sites for hydroxylation is 1. The Hall–Kier alpha value is -1.99. The second kappa shape index (κ2) is 17.2. The van der Waals surface area contributed by atoms with Crippen LogP contribution >= 0.6 is 23.4 Å². The molecule has 0 bridgehead atoms. The molecule has 246 valence electrons. The van der Waals surface area contributed by atoms with Gasteiger partial charge in [-0.25, -0.2) is 0 Å². The summed E-state index contributed by atoms with van der Waals surface area (Å²) in [6.07, 6.45) is 15.1. The van der Waals surface area contributed by atoms with E-state index in [0.29, 0.717) is 29.9 Å². The number of anilines is 1. The van der Waals surface area contributed by atoms with Gasteiger partial charge >= 0.3 is 0 Å². The highest BCUT2D eigenvalue weighted by Gasteiger charge is 2.39. The standard InChI is InChI=1S/C38H54ClN3O2S/c1-4-6-8-30-23-34(39)12-14-35(30)33-26-42(37-22-29(27-43)10-15-38(37)44-28-33)25-32-11-13-36(32)31(9-7-5-2)24-41-18-16-40(17-19-41)20-21-45-3/h7,9-10,12,14-15,22-23,27,31-33,36H,4-6,8,11,13,16-21,24-26,28H2,1-3H3/b9-7+.